The lowest BCUT2D eigenvalue weighted by Crippen LogP contribution is -2.25. The highest BCUT2D eigenvalue weighted by Crippen LogP contribution is 2.16. The molecular weight excluding hydrogens is 270 g/mol. The van der Waals surface area contributed by atoms with Crippen LogP contribution in [0.3, 0.4) is 0 Å². The Morgan fingerprint density at radius 3 is 3.07 bits per heavy atom. The molecule has 0 spiro atoms. The molecule has 1 fully saturated rings. The van der Waals surface area contributed by atoms with E-state index < -0.39 is 0 Å². The van der Waals surface area contributed by atoms with Crippen molar-refractivity contribution in [2.75, 3.05) is 24.6 Å². The lowest BCUT2D eigenvalue weighted by molar-refractivity contribution is 0.287. The number of benzene rings is 1. The Labute approximate surface area is 104 Å². The first-order valence-electron chi connectivity index (χ1n) is 5.39. The Balaban J connectivity index is 1.95. The van der Waals surface area contributed by atoms with Crippen LogP contribution in [0.1, 0.15) is 12.0 Å². The molecule has 0 radical (unpaired) electrons. The van der Waals surface area contributed by atoms with E-state index in [1.165, 1.54) is 41.1 Å². The molecule has 2 rings (SSSR count). The van der Waals surface area contributed by atoms with Gasteiger partial charge in [0.05, 0.1) is 0 Å². The molecule has 1 saturated heterocycles. The molecule has 0 saturated carbocycles. The Morgan fingerprint density at radius 1 is 1.27 bits per heavy atom. The molecule has 0 unspecified atom stereocenters. The summed E-state index contributed by atoms with van der Waals surface area (Å²) in [5.41, 5.74) is 1.41. The molecule has 1 aliphatic rings. The highest BCUT2D eigenvalue weighted by molar-refractivity contribution is 9.10. The monoisotopic (exact) mass is 285 g/mol. The third-order valence-electron chi connectivity index (χ3n) is 2.61. The molecular formula is C12H16BrNS. The van der Waals surface area contributed by atoms with Crippen molar-refractivity contribution in [3.63, 3.8) is 0 Å². The number of hydrogen-bond donors (Lipinski definition) is 0. The molecule has 3 heteroatoms. The molecule has 1 aromatic carbocycles. The van der Waals surface area contributed by atoms with E-state index in [1.54, 1.807) is 0 Å². The molecule has 1 aliphatic heterocycles. The van der Waals surface area contributed by atoms with Gasteiger partial charge < -0.3 is 0 Å². The van der Waals surface area contributed by atoms with E-state index in [4.69, 9.17) is 0 Å². The van der Waals surface area contributed by atoms with Crippen LogP contribution >= 0.6 is 27.7 Å². The first kappa shape index (κ1) is 11.5. The molecule has 0 bridgehead atoms. The normalized spacial score (nSPS) is 18.7. The van der Waals surface area contributed by atoms with E-state index in [-0.39, 0.29) is 0 Å². The van der Waals surface area contributed by atoms with E-state index in [9.17, 15) is 0 Å². The maximum Gasteiger partial charge on any atom is 0.0234 e. The van der Waals surface area contributed by atoms with E-state index in [1.807, 2.05) is 0 Å². The van der Waals surface area contributed by atoms with Crippen LogP contribution in [0.2, 0.25) is 0 Å². The van der Waals surface area contributed by atoms with Crippen molar-refractivity contribution < 1.29 is 0 Å². The summed E-state index contributed by atoms with van der Waals surface area (Å²) in [5, 5.41) is 0. The maximum atomic E-state index is 3.52. The van der Waals surface area contributed by atoms with E-state index in [0.717, 1.165) is 6.54 Å². The van der Waals surface area contributed by atoms with E-state index in [0.29, 0.717) is 0 Å². The summed E-state index contributed by atoms with van der Waals surface area (Å²) in [6, 6.07) is 8.63. The van der Waals surface area contributed by atoms with Crippen LogP contribution in [-0.4, -0.2) is 29.5 Å². The summed E-state index contributed by atoms with van der Waals surface area (Å²) in [5.74, 6) is 2.61. The largest absolute Gasteiger partial charge is 0.298 e. The quantitative estimate of drug-likeness (QED) is 0.820. The van der Waals surface area contributed by atoms with Gasteiger partial charge in [-0.2, -0.15) is 11.8 Å². The molecule has 1 aromatic rings. The number of rotatable bonds is 2. The van der Waals surface area contributed by atoms with Crippen molar-refractivity contribution in [3.8, 4) is 0 Å². The summed E-state index contributed by atoms with van der Waals surface area (Å²) in [4.78, 5) is 2.56. The van der Waals surface area contributed by atoms with Crippen LogP contribution in [0.25, 0.3) is 0 Å². The zero-order chi connectivity index (χ0) is 10.5. The second-order valence-electron chi connectivity index (χ2n) is 3.87. The average molecular weight is 286 g/mol. The van der Waals surface area contributed by atoms with Crippen molar-refractivity contribution in [1.82, 2.24) is 4.90 Å². The predicted octanol–water partition coefficient (Wildman–Crippen LogP) is 3.39. The summed E-state index contributed by atoms with van der Waals surface area (Å²) in [6.45, 7) is 3.58. The van der Waals surface area contributed by atoms with Gasteiger partial charge in [-0.15, -0.1) is 0 Å². The van der Waals surface area contributed by atoms with Gasteiger partial charge in [-0.1, -0.05) is 28.1 Å². The van der Waals surface area contributed by atoms with Gasteiger partial charge in [0.1, 0.15) is 0 Å². The number of hydrogen-bond acceptors (Lipinski definition) is 2. The Hall–Kier alpha value is 0.01000. The van der Waals surface area contributed by atoms with Crippen molar-refractivity contribution in [2.45, 2.75) is 13.0 Å². The first-order valence-corrected chi connectivity index (χ1v) is 7.34. The standard InChI is InChI=1S/C12H16BrNS/c13-12-4-1-3-11(9-12)10-14-5-2-7-15-8-6-14/h1,3-4,9H,2,5-8,10H2. The topological polar surface area (TPSA) is 3.24 Å². The second-order valence-corrected chi connectivity index (χ2v) is 6.01. The first-order chi connectivity index (χ1) is 7.34. The van der Waals surface area contributed by atoms with Gasteiger partial charge in [-0.25, -0.2) is 0 Å². The fourth-order valence-electron chi connectivity index (χ4n) is 1.85. The molecule has 0 atom stereocenters. The van der Waals surface area contributed by atoms with Gasteiger partial charge in [-0.3, -0.25) is 4.90 Å². The minimum Gasteiger partial charge on any atom is -0.298 e. The minimum absolute atomic E-state index is 1.10. The molecule has 0 aliphatic carbocycles. The van der Waals surface area contributed by atoms with Crippen molar-refractivity contribution in [3.05, 3.63) is 34.3 Å². The third kappa shape index (κ3) is 3.82. The van der Waals surface area contributed by atoms with Gasteiger partial charge in [0.15, 0.2) is 0 Å². The molecule has 0 amide bonds. The van der Waals surface area contributed by atoms with Gasteiger partial charge in [-0.05, 0) is 36.4 Å². The summed E-state index contributed by atoms with van der Waals surface area (Å²) in [6.07, 6.45) is 1.33. The van der Waals surface area contributed by atoms with Gasteiger partial charge in [0.25, 0.3) is 0 Å². The molecule has 1 heterocycles. The van der Waals surface area contributed by atoms with Crippen LogP contribution < -0.4 is 0 Å². The molecule has 0 aromatic heterocycles. The highest BCUT2D eigenvalue weighted by atomic mass is 79.9. The lowest BCUT2D eigenvalue weighted by atomic mass is 10.2. The maximum absolute atomic E-state index is 3.52. The SMILES string of the molecule is Brc1cccc(CN2CCCSCC2)c1. The smallest absolute Gasteiger partial charge is 0.0234 e. The second kappa shape index (κ2) is 5.92. The van der Waals surface area contributed by atoms with Crippen LogP contribution in [0.15, 0.2) is 28.7 Å². The zero-order valence-corrected chi connectivity index (χ0v) is 11.2. The third-order valence-corrected chi connectivity index (χ3v) is 4.15. The van der Waals surface area contributed by atoms with Gasteiger partial charge >= 0.3 is 0 Å². The van der Waals surface area contributed by atoms with Gasteiger partial charge in [0.2, 0.25) is 0 Å². The fraction of sp³-hybridized carbons (Fsp3) is 0.500. The van der Waals surface area contributed by atoms with Crippen LogP contribution in [0.5, 0.6) is 0 Å². The van der Waals surface area contributed by atoms with Crippen molar-refractivity contribution >= 4 is 27.7 Å². The van der Waals surface area contributed by atoms with Crippen LogP contribution in [-0.2, 0) is 6.54 Å². The Bertz CT molecular complexity index is 308. The van der Waals surface area contributed by atoms with Crippen molar-refractivity contribution in [2.24, 2.45) is 0 Å². The summed E-state index contributed by atoms with van der Waals surface area (Å²) < 4.78 is 1.18. The number of nitrogens with zero attached hydrogens (tertiary/aromatic N) is 1. The summed E-state index contributed by atoms with van der Waals surface area (Å²) >= 11 is 5.60. The van der Waals surface area contributed by atoms with Gasteiger partial charge in [0, 0.05) is 23.3 Å². The van der Waals surface area contributed by atoms with E-state index in [2.05, 4.69) is 56.9 Å². The lowest BCUT2D eigenvalue weighted by Gasteiger charge is -2.19. The number of thioether (sulfide) groups is 1. The predicted molar refractivity (Wildman–Crippen MR) is 71.4 cm³/mol. The summed E-state index contributed by atoms with van der Waals surface area (Å²) in [7, 11) is 0. The molecule has 82 valence electrons. The Kier molecular flexibility index (Phi) is 4.54. The molecule has 0 N–H and O–H groups in total. The highest BCUT2D eigenvalue weighted by Gasteiger charge is 2.09. The number of halogens is 1. The molecule has 15 heavy (non-hydrogen) atoms. The fourth-order valence-corrected chi connectivity index (χ4v) is 3.22. The van der Waals surface area contributed by atoms with Crippen molar-refractivity contribution in [1.29, 1.82) is 0 Å². The minimum atomic E-state index is 1.10. The Morgan fingerprint density at radius 2 is 2.20 bits per heavy atom. The average Bonchev–Trinajstić information content (AvgIpc) is 2.46. The van der Waals surface area contributed by atoms with E-state index >= 15 is 0 Å². The molecule has 1 nitrogen and oxygen atoms in total. The van der Waals surface area contributed by atoms with Crippen LogP contribution in [0, 0.1) is 0 Å². The van der Waals surface area contributed by atoms with Crippen LogP contribution in [0.4, 0.5) is 0 Å². The zero-order valence-electron chi connectivity index (χ0n) is 8.79.